The number of hydrogen-bond donors (Lipinski definition) is 2. The lowest BCUT2D eigenvalue weighted by Gasteiger charge is -2.33. The Hall–Kier alpha value is -1.44. The van der Waals surface area contributed by atoms with Gasteiger partial charge in [-0.3, -0.25) is 4.99 Å². The van der Waals surface area contributed by atoms with E-state index in [0.717, 1.165) is 32.5 Å². The fraction of sp³-hybridized carbons (Fsp3) is 0.706. The Morgan fingerprint density at radius 3 is 2.68 bits per heavy atom. The minimum Gasteiger partial charge on any atom is -0.363 e. The molecule has 2 rings (SSSR count). The van der Waals surface area contributed by atoms with Gasteiger partial charge in [0, 0.05) is 38.6 Å². The van der Waals surface area contributed by atoms with Crippen LogP contribution in [0.2, 0.25) is 0 Å². The Morgan fingerprint density at radius 2 is 2.08 bits per heavy atom. The van der Waals surface area contributed by atoms with E-state index in [4.69, 9.17) is 0 Å². The molecule has 1 fully saturated rings. The average molecular weight is 376 g/mol. The first-order chi connectivity index (χ1) is 12.0. The Labute approximate surface area is 151 Å². The summed E-state index contributed by atoms with van der Waals surface area (Å²) >= 11 is 1.76. The third-order valence-electron chi connectivity index (χ3n) is 4.14. The molecule has 1 saturated heterocycles. The predicted molar refractivity (Wildman–Crippen MR) is 98.6 cm³/mol. The maximum Gasteiger partial charge on any atom is 0.389 e. The number of aliphatic imine (C=N–C) groups is 1. The van der Waals surface area contributed by atoms with Crippen molar-refractivity contribution < 1.29 is 13.2 Å². The van der Waals surface area contributed by atoms with Gasteiger partial charge in [-0.1, -0.05) is 0 Å². The van der Waals surface area contributed by atoms with Crippen molar-refractivity contribution in [2.75, 3.05) is 31.1 Å². The molecule has 0 aromatic carbocycles. The largest absolute Gasteiger partial charge is 0.389 e. The number of hydrogen-bond acceptors (Lipinski definition) is 3. The standard InChI is InChI=1S/C17H27F3N4S/c1-2-21-16(22-10-4-3-9-17(18,19)20)23-14-7-11-24(12-8-14)15-6-5-13-25-15/h5-6,13-14H,2-4,7-12H2,1H3,(H2,21,22,23). The third kappa shape index (κ3) is 7.54. The molecule has 8 heteroatoms. The van der Waals surface area contributed by atoms with Crippen molar-refractivity contribution in [3.63, 3.8) is 0 Å². The summed E-state index contributed by atoms with van der Waals surface area (Å²) < 4.78 is 36.4. The van der Waals surface area contributed by atoms with Crippen molar-refractivity contribution in [2.24, 2.45) is 4.99 Å². The SMILES string of the molecule is CCNC(=NCCCCC(F)(F)F)NC1CCN(c2cccs2)CC1. The van der Waals surface area contributed by atoms with Crippen molar-refractivity contribution in [3.8, 4) is 0 Å². The highest BCUT2D eigenvalue weighted by molar-refractivity contribution is 7.14. The van der Waals surface area contributed by atoms with Crippen molar-refractivity contribution in [1.82, 2.24) is 10.6 Å². The van der Waals surface area contributed by atoms with E-state index in [2.05, 4.69) is 38.0 Å². The van der Waals surface area contributed by atoms with Crippen molar-refractivity contribution in [2.45, 2.75) is 51.2 Å². The summed E-state index contributed by atoms with van der Waals surface area (Å²) in [6, 6.07) is 4.56. The molecule has 1 aliphatic rings. The van der Waals surface area contributed by atoms with E-state index in [1.165, 1.54) is 5.00 Å². The van der Waals surface area contributed by atoms with E-state index in [9.17, 15) is 13.2 Å². The van der Waals surface area contributed by atoms with Gasteiger partial charge in [-0.05, 0) is 50.1 Å². The fourth-order valence-electron chi connectivity index (χ4n) is 2.84. The van der Waals surface area contributed by atoms with E-state index in [0.29, 0.717) is 25.0 Å². The van der Waals surface area contributed by atoms with Crippen LogP contribution in [0.5, 0.6) is 0 Å². The van der Waals surface area contributed by atoms with Crippen LogP contribution in [0.25, 0.3) is 0 Å². The molecule has 0 bridgehead atoms. The zero-order chi connectivity index (χ0) is 18.1. The van der Waals surface area contributed by atoms with Crippen molar-refractivity contribution in [3.05, 3.63) is 17.5 Å². The topological polar surface area (TPSA) is 39.7 Å². The number of unbranched alkanes of at least 4 members (excludes halogenated alkanes) is 1. The Balaban J connectivity index is 1.72. The highest BCUT2D eigenvalue weighted by atomic mass is 32.1. The summed E-state index contributed by atoms with van der Waals surface area (Å²) in [6.07, 6.45) is -2.16. The third-order valence-corrected chi connectivity index (χ3v) is 5.07. The summed E-state index contributed by atoms with van der Waals surface area (Å²) in [6.45, 7) is 5.15. The average Bonchev–Trinajstić information content (AvgIpc) is 3.09. The first kappa shape index (κ1) is 19.9. The van der Waals surface area contributed by atoms with Crippen LogP contribution in [0.3, 0.4) is 0 Å². The lowest BCUT2D eigenvalue weighted by atomic mass is 10.1. The predicted octanol–water partition coefficient (Wildman–Crippen LogP) is 4.00. The van der Waals surface area contributed by atoms with Crippen LogP contribution in [-0.4, -0.2) is 44.4 Å². The molecule has 4 nitrogen and oxygen atoms in total. The van der Waals surface area contributed by atoms with Gasteiger partial charge in [-0.2, -0.15) is 13.2 Å². The Bertz CT molecular complexity index is 508. The van der Waals surface area contributed by atoms with E-state index < -0.39 is 12.6 Å². The van der Waals surface area contributed by atoms with Gasteiger partial charge in [0.25, 0.3) is 0 Å². The maximum atomic E-state index is 12.1. The lowest BCUT2D eigenvalue weighted by molar-refractivity contribution is -0.135. The highest BCUT2D eigenvalue weighted by Crippen LogP contribution is 2.25. The van der Waals surface area contributed by atoms with Gasteiger partial charge in [0.1, 0.15) is 0 Å². The molecule has 0 amide bonds. The molecule has 25 heavy (non-hydrogen) atoms. The highest BCUT2D eigenvalue weighted by Gasteiger charge is 2.25. The molecule has 1 aromatic rings. The van der Waals surface area contributed by atoms with Crippen LogP contribution >= 0.6 is 11.3 Å². The molecule has 0 radical (unpaired) electrons. The molecule has 0 atom stereocenters. The van der Waals surface area contributed by atoms with Gasteiger partial charge < -0.3 is 15.5 Å². The molecule has 1 aliphatic heterocycles. The number of halogens is 3. The summed E-state index contributed by atoms with van der Waals surface area (Å²) in [5.74, 6) is 0.712. The number of thiophene rings is 1. The van der Waals surface area contributed by atoms with Gasteiger partial charge in [-0.25, -0.2) is 0 Å². The number of anilines is 1. The molecule has 142 valence electrons. The van der Waals surface area contributed by atoms with Crippen LogP contribution in [0.1, 0.15) is 39.0 Å². The van der Waals surface area contributed by atoms with Crippen LogP contribution < -0.4 is 15.5 Å². The van der Waals surface area contributed by atoms with Gasteiger partial charge in [0.05, 0.1) is 5.00 Å². The Morgan fingerprint density at radius 1 is 1.32 bits per heavy atom. The molecule has 0 unspecified atom stereocenters. The van der Waals surface area contributed by atoms with E-state index in [1.54, 1.807) is 11.3 Å². The number of rotatable bonds is 7. The molecular weight excluding hydrogens is 349 g/mol. The van der Waals surface area contributed by atoms with Gasteiger partial charge in [0.15, 0.2) is 5.96 Å². The normalized spacial score (nSPS) is 17.0. The fourth-order valence-corrected chi connectivity index (χ4v) is 3.62. The number of piperidine rings is 1. The molecule has 0 aliphatic carbocycles. The lowest BCUT2D eigenvalue weighted by Crippen LogP contribution is -2.48. The second-order valence-electron chi connectivity index (χ2n) is 6.19. The summed E-state index contributed by atoms with van der Waals surface area (Å²) in [5, 5.41) is 10.0. The van der Waals surface area contributed by atoms with Crippen molar-refractivity contribution >= 4 is 22.3 Å². The van der Waals surface area contributed by atoms with Gasteiger partial charge in [-0.15, -0.1) is 11.3 Å². The second-order valence-corrected chi connectivity index (χ2v) is 7.12. The number of alkyl halides is 3. The summed E-state index contributed by atoms with van der Waals surface area (Å²) in [7, 11) is 0. The molecule has 2 N–H and O–H groups in total. The van der Waals surface area contributed by atoms with E-state index in [-0.39, 0.29) is 6.42 Å². The summed E-state index contributed by atoms with van der Waals surface area (Å²) in [5.41, 5.74) is 0. The zero-order valence-electron chi connectivity index (χ0n) is 14.6. The minimum absolute atomic E-state index is 0.131. The quantitative estimate of drug-likeness (QED) is 0.429. The second kappa shape index (κ2) is 9.89. The van der Waals surface area contributed by atoms with Crippen LogP contribution in [0, 0.1) is 0 Å². The smallest absolute Gasteiger partial charge is 0.363 e. The monoisotopic (exact) mass is 376 g/mol. The summed E-state index contributed by atoms with van der Waals surface area (Å²) in [4.78, 5) is 6.80. The number of nitrogens with one attached hydrogen (secondary N) is 2. The first-order valence-corrected chi connectivity index (χ1v) is 9.76. The van der Waals surface area contributed by atoms with E-state index in [1.807, 2.05) is 6.92 Å². The minimum atomic E-state index is -4.07. The first-order valence-electron chi connectivity index (χ1n) is 8.88. The molecule has 1 aromatic heterocycles. The van der Waals surface area contributed by atoms with Crippen LogP contribution in [0.15, 0.2) is 22.5 Å². The number of nitrogens with zero attached hydrogens (tertiary/aromatic N) is 2. The Kier molecular flexibility index (Phi) is 7.87. The van der Waals surface area contributed by atoms with Crippen molar-refractivity contribution in [1.29, 1.82) is 0 Å². The zero-order valence-corrected chi connectivity index (χ0v) is 15.4. The molecule has 0 spiro atoms. The molecule has 2 heterocycles. The number of guanidine groups is 1. The van der Waals surface area contributed by atoms with Gasteiger partial charge in [0.2, 0.25) is 0 Å². The van der Waals surface area contributed by atoms with Crippen LogP contribution in [0.4, 0.5) is 18.2 Å². The molecular formula is C17H27F3N4S. The van der Waals surface area contributed by atoms with E-state index >= 15 is 0 Å². The molecule has 0 saturated carbocycles. The van der Waals surface area contributed by atoms with Crippen LogP contribution in [-0.2, 0) is 0 Å². The van der Waals surface area contributed by atoms with Gasteiger partial charge >= 0.3 is 6.18 Å². The maximum absolute atomic E-state index is 12.1.